The van der Waals surface area contributed by atoms with E-state index in [0.29, 0.717) is 6.04 Å². The number of piperidine rings is 1. The standard InChI is InChI=1S/C18H24F2N4.ClH/c1-2-10-23(16-5-8-21-9-6-16)13-15-7-11-24(22-15)18-4-3-14(19)12-17(18)20;/h3-4,7,11-12,16,21H,2,5-6,8-10,13H2,1H3;1H. The summed E-state index contributed by atoms with van der Waals surface area (Å²) in [6.07, 6.45) is 5.12. The Kier molecular flexibility index (Phi) is 7.35. The summed E-state index contributed by atoms with van der Waals surface area (Å²) < 4.78 is 28.4. The minimum Gasteiger partial charge on any atom is -0.317 e. The van der Waals surface area contributed by atoms with Gasteiger partial charge in [0.2, 0.25) is 0 Å². The number of halogens is 3. The maximum absolute atomic E-state index is 13.9. The Morgan fingerprint density at radius 3 is 2.68 bits per heavy atom. The predicted octanol–water partition coefficient (Wildman–Crippen LogP) is 3.54. The summed E-state index contributed by atoms with van der Waals surface area (Å²) in [5, 5.41) is 7.88. The molecule has 1 saturated heterocycles. The number of hydrogen-bond acceptors (Lipinski definition) is 3. The van der Waals surface area contributed by atoms with Crippen LogP contribution in [0.15, 0.2) is 30.5 Å². The Labute approximate surface area is 153 Å². The van der Waals surface area contributed by atoms with Gasteiger partial charge in [0.25, 0.3) is 0 Å². The minimum absolute atomic E-state index is 0. The highest BCUT2D eigenvalue weighted by Gasteiger charge is 2.21. The zero-order valence-electron chi connectivity index (χ0n) is 14.4. The molecule has 7 heteroatoms. The average molecular weight is 371 g/mol. The fourth-order valence-corrected chi connectivity index (χ4v) is 3.31. The zero-order valence-corrected chi connectivity index (χ0v) is 15.2. The number of benzene rings is 1. The Balaban J connectivity index is 0.00000225. The van der Waals surface area contributed by atoms with E-state index in [1.165, 1.54) is 16.8 Å². The van der Waals surface area contributed by atoms with Crippen LogP contribution in [0.1, 0.15) is 31.9 Å². The molecule has 4 nitrogen and oxygen atoms in total. The van der Waals surface area contributed by atoms with Gasteiger partial charge in [-0.3, -0.25) is 4.90 Å². The van der Waals surface area contributed by atoms with Crippen molar-refractivity contribution in [2.45, 2.75) is 38.8 Å². The van der Waals surface area contributed by atoms with Crippen LogP contribution in [0.4, 0.5) is 8.78 Å². The van der Waals surface area contributed by atoms with E-state index in [4.69, 9.17) is 0 Å². The molecule has 1 fully saturated rings. The topological polar surface area (TPSA) is 33.1 Å². The second kappa shape index (κ2) is 9.27. The van der Waals surface area contributed by atoms with Crippen molar-refractivity contribution in [1.29, 1.82) is 0 Å². The monoisotopic (exact) mass is 370 g/mol. The molecular formula is C18H25ClF2N4. The Morgan fingerprint density at radius 1 is 1.24 bits per heavy atom. The predicted molar refractivity (Wildman–Crippen MR) is 97.3 cm³/mol. The molecule has 0 spiro atoms. The Morgan fingerprint density at radius 2 is 2.00 bits per heavy atom. The van der Waals surface area contributed by atoms with Gasteiger partial charge < -0.3 is 5.32 Å². The first-order chi connectivity index (χ1) is 11.7. The molecule has 1 aromatic carbocycles. The fourth-order valence-electron chi connectivity index (χ4n) is 3.31. The molecule has 1 N–H and O–H groups in total. The van der Waals surface area contributed by atoms with Crippen LogP contribution in [0.5, 0.6) is 0 Å². The van der Waals surface area contributed by atoms with Crippen LogP contribution in [-0.4, -0.2) is 40.4 Å². The minimum atomic E-state index is -0.603. The van der Waals surface area contributed by atoms with Gasteiger partial charge in [-0.1, -0.05) is 6.92 Å². The average Bonchev–Trinajstić information content (AvgIpc) is 3.03. The molecule has 1 aliphatic heterocycles. The van der Waals surface area contributed by atoms with Gasteiger partial charge in [-0.05, 0) is 57.1 Å². The first-order valence-corrected chi connectivity index (χ1v) is 8.62. The SMILES string of the molecule is CCCN(Cc1ccn(-c2ccc(F)cc2F)n1)C1CCNCC1.Cl. The molecule has 1 aromatic heterocycles. The van der Waals surface area contributed by atoms with Gasteiger partial charge >= 0.3 is 0 Å². The molecule has 0 saturated carbocycles. The van der Waals surface area contributed by atoms with Gasteiger partial charge in [-0.2, -0.15) is 5.10 Å². The molecule has 0 aliphatic carbocycles. The molecule has 2 heterocycles. The maximum atomic E-state index is 13.9. The molecular weight excluding hydrogens is 346 g/mol. The van der Waals surface area contributed by atoms with Crippen LogP contribution in [0.3, 0.4) is 0 Å². The van der Waals surface area contributed by atoms with Crippen molar-refractivity contribution in [1.82, 2.24) is 20.0 Å². The van der Waals surface area contributed by atoms with E-state index < -0.39 is 11.6 Å². The molecule has 0 bridgehead atoms. The molecule has 0 atom stereocenters. The van der Waals surface area contributed by atoms with Gasteiger partial charge in [-0.15, -0.1) is 12.4 Å². The van der Waals surface area contributed by atoms with E-state index >= 15 is 0 Å². The van der Waals surface area contributed by atoms with Crippen LogP contribution >= 0.6 is 12.4 Å². The number of rotatable bonds is 6. The number of nitrogens with one attached hydrogen (secondary N) is 1. The summed E-state index contributed by atoms with van der Waals surface area (Å²) >= 11 is 0. The molecule has 0 unspecified atom stereocenters. The maximum Gasteiger partial charge on any atom is 0.151 e. The van der Waals surface area contributed by atoms with Crippen molar-refractivity contribution >= 4 is 12.4 Å². The smallest absolute Gasteiger partial charge is 0.151 e. The van der Waals surface area contributed by atoms with E-state index in [2.05, 4.69) is 22.2 Å². The van der Waals surface area contributed by atoms with Gasteiger partial charge in [0.15, 0.2) is 5.82 Å². The normalized spacial score (nSPS) is 15.4. The van der Waals surface area contributed by atoms with E-state index in [9.17, 15) is 8.78 Å². The lowest BCUT2D eigenvalue weighted by atomic mass is 10.0. The van der Waals surface area contributed by atoms with Gasteiger partial charge in [0.1, 0.15) is 11.5 Å². The van der Waals surface area contributed by atoms with Crippen molar-refractivity contribution in [3.8, 4) is 5.69 Å². The van der Waals surface area contributed by atoms with Crippen LogP contribution in [0.2, 0.25) is 0 Å². The summed E-state index contributed by atoms with van der Waals surface area (Å²) in [7, 11) is 0. The van der Waals surface area contributed by atoms with Crippen LogP contribution in [0.25, 0.3) is 5.69 Å². The van der Waals surface area contributed by atoms with Gasteiger partial charge in [0, 0.05) is 24.8 Å². The molecule has 2 aromatic rings. The zero-order chi connectivity index (χ0) is 16.9. The summed E-state index contributed by atoms with van der Waals surface area (Å²) in [6.45, 7) is 6.08. The van der Waals surface area contributed by atoms with E-state index in [0.717, 1.165) is 57.2 Å². The van der Waals surface area contributed by atoms with Gasteiger partial charge in [-0.25, -0.2) is 13.5 Å². The van der Waals surface area contributed by atoms with E-state index in [-0.39, 0.29) is 18.1 Å². The largest absolute Gasteiger partial charge is 0.317 e. The lowest BCUT2D eigenvalue weighted by Gasteiger charge is -2.34. The second-order valence-electron chi connectivity index (χ2n) is 6.30. The number of hydrogen-bond donors (Lipinski definition) is 1. The third kappa shape index (κ3) is 5.00. The summed E-state index contributed by atoms with van der Waals surface area (Å²) in [5.74, 6) is -1.18. The number of aromatic nitrogens is 2. The summed E-state index contributed by atoms with van der Waals surface area (Å²) in [5.41, 5.74) is 1.18. The van der Waals surface area contributed by atoms with E-state index in [1.807, 2.05) is 6.07 Å². The lowest BCUT2D eigenvalue weighted by Crippen LogP contribution is -2.43. The highest BCUT2D eigenvalue weighted by molar-refractivity contribution is 5.85. The Bertz CT molecular complexity index is 671. The van der Waals surface area contributed by atoms with Crippen LogP contribution in [-0.2, 0) is 6.54 Å². The lowest BCUT2D eigenvalue weighted by molar-refractivity contribution is 0.152. The second-order valence-corrected chi connectivity index (χ2v) is 6.30. The van der Waals surface area contributed by atoms with Gasteiger partial charge in [0.05, 0.1) is 5.69 Å². The summed E-state index contributed by atoms with van der Waals surface area (Å²) in [6, 6.07) is 6.02. The fraction of sp³-hybridized carbons (Fsp3) is 0.500. The number of nitrogens with zero attached hydrogens (tertiary/aromatic N) is 3. The quantitative estimate of drug-likeness (QED) is 0.844. The van der Waals surface area contributed by atoms with Crippen molar-refractivity contribution in [2.24, 2.45) is 0 Å². The van der Waals surface area contributed by atoms with Crippen molar-refractivity contribution in [2.75, 3.05) is 19.6 Å². The molecule has 0 radical (unpaired) electrons. The van der Waals surface area contributed by atoms with Crippen molar-refractivity contribution in [3.63, 3.8) is 0 Å². The van der Waals surface area contributed by atoms with Crippen molar-refractivity contribution < 1.29 is 8.78 Å². The summed E-state index contributed by atoms with van der Waals surface area (Å²) in [4.78, 5) is 2.47. The van der Waals surface area contributed by atoms with Crippen molar-refractivity contribution in [3.05, 3.63) is 47.8 Å². The molecule has 0 amide bonds. The Hall–Kier alpha value is -1.50. The van der Waals surface area contributed by atoms with E-state index in [1.54, 1.807) is 6.20 Å². The third-order valence-electron chi connectivity index (χ3n) is 4.50. The van der Waals surface area contributed by atoms with Crippen LogP contribution in [0, 0.1) is 11.6 Å². The molecule has 1 aliphatic rings. The third-order valence-corrected chi connectivity index (χ3v) is 4.50. The highest BCUT2D eigenvalue weighted by atomic mass is 35.5. The van der Waals surface area contributed by atoms with Crippen LogP contribution < -0.4 is 5.32 Å². The molecule has 25 heavy (non-hydrogen) atoms. The molecule has 138 valence electrons. The first-order valence-electron chi connectivity index (χ1n) is 8.62. The first kappa shape index (κ1) is 19.8. The molecule has 3 rings (SSSR count). The highest BCUT2D eigenvalue weighted by Crippen LogP contribution is 2.18.